The van der Waals surface area contributed by atoms with Crippen LogP contribution in [0.1, 0.15) is 54.9 Å². The Balaban J connectivity index is 1.20. The van der Waals surface area contributed by atoms with Crippen LogP contribution in [0.4, 0.5) is 0 Å². The molecule has 4 rings (SSSR count). The smallest absolute Gasteiger partial charge is 0.251 e. The molecule has 2 fully saturated rings. The number of rotatable bonds is 9. The van der Waals surface area contributed by atoms with Crippen LogP contribution in [0.2, 0.25) is 0 Å². The van der Waals surface area contributed by atoms with Gasteiger partial charge in [-0.2, -0.15) is 4.31 Å². The van der Waals surface area contributed by atoms with Gasteiger partial charge in [0.1, 0.15) is 12.4 Å². The van der Waals surface area contributed by atoms with Gasteiger partial charge in [0.15, 0.2) is 0 Å². The highest BCUT2D eigenvalue weighted by Crippen LogP contribution is 2.23. The molecule has 1 atom stereocenters. The molecule has 0 spiro atoms. The average Bonchev–Trinajstić information content (AvgIpc) is 2.88. The van der Waals surface area contributed by atoms with Gasteiger partial charge in [-0.15, -0.1) is 0 Å². The van der Waals surface area contributed by atoms with Gasteiger partial charge in [0.2, 0.25) is 10.0 Å². The van der Waals surface area contributed by atoms with Crippen LogP contribution in [0.3, 0.4) is 0 Å². The lowest BCUT2D eigenvalue weighted by Crippen LogP contribution is -2.35. The maximum absolute atomic E-state index is 12.7. The molecule has 8 heteroatoms. The maximum Gasteiger partial charge on any atom is 0.251 e. The van der Waals surface area contributed by atoms with Crippen molar-refractivity contribution in [3.8, 4) is 5.75 Å². The van der Waals surface area contributed by atoms with Gasteiger partial charge in [0, 0.05) is 31.7 Å². The Kier molecular flexibility index (Phi) is 8.81. The van der Waals surface area contributed by atoms with Gasteiger partial charge in [-0.25, -0.2) is 8.42 Å². The van der Waals surface area contributed by atoms with Gasteiger partial charge in [-0.05, 0) is 80.1 Å². The maximum atomic E-state index is 12.7. The third-order valence-corrected chi connectivity index (χ3v) is 8.71. The minimum Gasteiger partial charge on any atom is -0.492 e. The first-order valence-corrected chi connectivity index (χ1v) is 14.2. The molecule has 0 bridgehead atoms. The molecule has 2 aliphatic heterocycles. The van der Waals surface area contributed by atoms with E-state index < -0.39 is 10.0 Å². The molecule has 1 N–H and O–H groups in total. The standard InChI is InChI=1S/C27H37N3O4S/c1-22-6-5-16-29(20-22)21-23-7-9-24(10-8-23)27(31)28-15-19-34-25-11-13-26(14-12-25)35(32,33)30-17-3-2-4-18-30/h7-14,22H,2-6,15-21H2,1H3,(H,28,31)/t22-/m0/s1. The van der Waals surface area contributed by atoms with E-state index in [9.17, 15) is 13.2 Å². The summed E-state index contributed by atoms with van der Waals surface area (Å²) >= 11 is 0. The van der Waals surface area contributed by atoms with Crippen molar-refractivity contribution in [2.75, 3.05) is 39.3 Å². The molecule has 2 saturated heterocycles. The zero-order valence-corrected chi connectivity index (χ0v) is 21.4. The minimum atomic E-state index is -3.44. The zero-order valence-electron chi connectivity index (χ0n) is 20.6. The van der Waals surface area contributed by atoms with E-state index in [1.807, 2.05) is 24.3 Å². The number of ether oxygens (including phenoxy) is 1. The van der Waals surface area contributed by atoms with E-state index in [1.54, 1.807) is 28.6 Å². The number of nitrogens with zero attached hydrogens (tertiary/aromatic N) is 2. The quantitative estimate of drug-likeness (QED) is 0.530. The molecule has 35 heavy (non-hydrogen) atoms. The van der Waals surface area contributed by atoms with Crippen LogP contribution in [0, 0.1) is 5.92 Å². The van der Waals surface area contributed by atoms with Crippen molar-refractivity contribution in [1.29, 1.82) is 0 Å². The average molecular weight is 500 g/mol. The number of carbonyl (C=O) groups is 1. The van der Waals surface area contributed by atoms with Crippen LogP contribution in [-0.4, -0.2) is 62.9 Å². The van der Waals surface area contributed by atoms with Crippen LogP contribution in [0.15, 0.2) is 53.4 Å². The Morgan fingerprint density at radius 3 is 2.37 bits per heavy atom. The van der Waals surface area contributed by atoms with Crippen molar-refractivity contribution in [1.82, 2.24) is 14.5 Å². The molecule has 7 nitrogen and oxygen atoms in total. The van der Waals surface area contributed by atoms with Crippen LogP contribution in [-0.2, 0) is 16.6 Å². The van der Waals surface area contributed by atoms with Crippen molar-refractivity contribution in [2.45, 2.75) is 50.5 Å². The summed E-state index contributed by atoms with van der Waals surface area (Å²) in [6.07, 6.45) is 5.47. The fourth-order valence-corrected chi connectivity index (χ4v) is 6.36. The van der Waals surface area contributed by atoms with Gasteiger partial charge < -0.3 is 10.1 Å². The van der Waals surface area contributed by atoms with Gasteiger partial charge >= 0.3 is 0 Å². The van der Waals surface area contributed by atoms with E-state index in [4.69, 9.17) is 4.74 Å². The number of benzene rings is 2. The summed E-state index contributed by atoms with van der Waals surface area (Å²) in [4.78, 5) is 15.2. The molecule has 190 valence electrons. The zero-order chi connectivity index (χ0) is 24.7. The molecule has 2 heterocycles. The summed E-state index contributed by atoms with van der Waals surface area (Å²) in [6, 6.07) is 14.3. The SMILES string of the molecule is C[C@H]1CCCN(Cc2ccc(C(=O)NCCOc3ccc(S(=O)(=O)N4CCCCC4)cc3)cc2)C1. The number of nitrogens with one attached hydrogen (secondary N) is 1. The van der Waals surface area contributed by atoms with Crippen LogP contribution >= 0.6 is 0 Å². The number of hydrogen-bond acceptors (Lipinski definition) is 5. The van der Waals surface area contributed by atoms with E-state index in [-0.39, 0.29) is 5.91 Å². The molecule has 0 unspecified atom stereocenters. The monoisotopic (exact) mass is 499 g/mol. The third-order valence-electron chi connectivity index (χ3n) is 6.80. The molecule has 0 aliphatic carbocycles. The Bertz CT molecular complexity index is 1060. The number of sulfonamides is 1. The fourth-order valence-electron chi connectivity index (χ4n) is 4.85. The molecule has 0 saturated carbocycles. The van der Waals surface area contributed by atoms with Crippen LogP contribution < -0.4 is 10.1 Å². The van der Waals surface area contributed by atoms with Crippen molar-refractivity contribution < 1.29 is 17.9 Å². The van der Waals surface area contributed by atoms with Crippen molar-refractivity contribution >= 4 is 15.9 Å². The second-order valence-electron chi connectivity index (χ2n) is 9.72. The summed E-state index contributed by atoms with van der Waals surface area (Å²) < 4.78 is 32.7. The van der Waals surface area contributed by atoms with Crippen LogP contribution in [0.5, 0.6) is 5.75 Å². The Morgan fingerprint density at radius 2 is 1.69 bits per heavy atom. The van der Waals surface area contributed by atoms with Gasteiger partial charge in [0.05, 0.1) is 11.4 Å². The summed E-state index contributed by atoms with van der Waals surface area (Å²) in [5.74, 6) is 1.20. The highest BCUT2D eigenvalue weighted by Gasteiger charge is 2.25. The number of hydrogen-bond donors (Lipinski definition) is 1. The predicted molar refractivity (Wildman–Crippen MR) is 137 cm³/mol. The number of likely N-dealkylation sites (tertiary alicyclic amines) is 1. The lowest BCUT2D eigenvalue weighted by Gasteiger charge is -2.30. The van der Waals surface area contributed by atoms with Crippen molar-refractivity contribution in [3.05, 3.63) is 59.7 Å². The van der Waals surface area contributed by atoms with E-state index in [0.29, 0.717) is 42.4 Å². The van der Waals surface area contributed by atoms with Crippen molar-refractivity contribution in [2.24, 2.45) is 5.92 Å². The molecule has 0 aromatic heterocycles. The molecule has 2 aromatic rings. The van der Waals surface area contributed by atoms with Crippen molar-refractivity contribution in [3.63, 3.8) is 0 Å². The van der Waals surface area contributed by atoms with E-state index >= 15 is 0 Å². The second-order valence-corrected chi connectivity index (χ2v) is 11.7. The van der Waals surface area contributed by atoms with E-state index in [2.05, 4.69) is 17.1 Å². The lowest BCUT2D eigenvalue weighted by atomic mass is 9.99. The summed E-state index contributed by atoms with van der Waals surface area (Å²) in [7, 11) is -3.44. The highest BCUT2D eigenvalue weighted by atomic mass is 32.2. The predicted octanol–water partition coefficient (Wildman–Crippen LogP) is 3.90. The molecule has 0 radical (unpaired) electrons. The third kappa shape index (κ3) is 7.06. The Morgan fingerprint density at radius 1 is 0.971 bits per heavy atom. The lowest BCUT2D eigenvalue weighted by molar-refractivity contribution is 0.0947. The highest BCUT2D eigenvalue weighted by molar-refractivity contribution is 7.89. The molecule has 2 aromatic carbocycles. The summed E-state index contributed by atoms with van der Waals surface area (Å²) in [5.41, 5.74) is 1.86. The summed E-state index contributed by atoms with van der Waals surface area (Å²) in [5, 5.41) is 2.88. The number of amides is 1. The Hall–Kier alpha value is -2.42. The molecule has 2 aliphatic rings. The number of piperidine rings is 2. The second kappa shape index (κ2) is 12.0. The van der Waals surface area contributed by atoms with E-state index in [1.165, 1.54) is 18.4 Å². The van der Waals surface area contributed by atoms with Gasteiger partial charge in [-0.3, -0.25) is 9.69 Å². The molecular weight excluding hydrogens is 462 g/mol. The topological polar surface area (TPSA) is 79.0 Å². The Labute approximate surface area is 209 Å². The largest absolute Gasteiger partial charge is 0.492 e. The van der Waals surface area contributed by atoms with Crippen LogP contribution in [0.25, 0.3) is 0 Å². The summed E-state index contributed by atoms with van der Waals surface area (Å²) in [6.45, 7) is 7.34. The number of carbonyl (C=O) groups excluding carboxylic acids is 1. The first-order chi connectivity index (χ1) is 16.9. The first kappa shape index (κ1) is 25.7. The molecular formula is C27H37N3O4S. The minimum absolute atomic E-state index is 0.130. The first-order valence-electron chi connectivity index (χ1n) is 12.7. The van der Waals surface area contributed by atoms with Gasteiger partial charge in [0.25, 0.3) is 5.91 Å². The van der Waals surface area contributed by atoms with E-state index in [0.717, 1.165) is 44.8 Å². The van der Waals surface area contributed by atoms with Gasteiger partial charge in [-0.1, -0.05) is 25.5 Å². The normalized spacial score (nSPS) is 19.9. The molecule has 1 amide bonds. The fraction of sp³-hybridized carbons (Fsp3) is 0.519.